The third-order valence-corrected chi connectivity index (χ3v) is 2.45. The lowest BCUT2D eigenvalue weighted by atomic mass is 10.1. The van der Waals surface area contributed by atoms with Gasteiger partial charge in [0.1, 0.15) is 0 Å². The summed E-state index contributed by atoms with van der Waals surface area (Å²) < 4.78 is 0. The summed E-state index contributed by atoms with van der Waals surface area (Å²) >= 11 is 0. The van der Waals surface area contributed by atoms with Crippen molar-refractivity contribution in [3.8, 4) is 6.07 Å². The summed E-state index contributed by atoms with van der Waals surface area (Å²) in [5.41, 5.74) is 1.18. The Bertz CT molecular complexity index is 585. The first kappa shape index (κ1) is 11.8. The molecule has 0 atom stereocenters. The highest BCUT2D eigenvalue weighted by atomic mass is 16.5. The van der Waals surface area contributed by atoms with Gasteiger partial charge in [-0.05, 0) is 36.4 Å². The highest BCUT2D eigenvalue weighted by molar-refractivity contribution is 6.04. The van der Waals surface area contributed by atoms with Crippen LogP contribution in [0, 0.1) is 11.3 Å². The smallest absolute Gasteiger partial charge is 0.281 e. The Kier molecular flexibility index (Phi) is 3.37. The van der Waals surface area contributed by atoms with Crippen LogP contribution in [0.25, 0.3) is 0 Å². The van der Waals surface area contributed by atoms with Crippen LogP contribution in [0.3, 0.4) is 0 Å². The lowest BCUT2D eigenvalue weighted by Crippen LogP contribution is -2.26. The predicted molar refractivity (Wildman–Crippen MR) is 66.2 cm³/mol. The quantitative estimate of drug-likeness (QED) is 0.646. The Morgan fingerprint density at radius 1 is 1.06 bits per heavy atom. The van der Waals surface area contributed by atoms with Gasteiger partial charge in [0.25, 0.3) is 5.91 Å². The standard InChI is InChI=1S/C14H10N2O2/c15-10-11-6-8-12(9-7-11)14(17)16(18)13-4-2-1-3-5-13/h1-9,18H. The van der Waals surface area contributed by atoms with Crippen LogP contribution in [0.4, 0.5) is 5.69 Å². The van der Waals surface area contributed by atoms with Crippen LogP contribution in [0.5, 0.6) is 0 Å². The summed E-state index contributed by atoms with van der Waals surface area (Å²) in [5, 5.41) is 19.0. The minimum atomic E-state index is -0.536. The van der Waals surface area contributed by atoms with E-state index in [9.17, 15) is 10.0 Å². The van der Waals surface area contributed by atoms with Gasteiger partial charge >= 0.3 is 0 Å². The summed E-state index contributed by atoms with van der Waals surface area (Å²) in [6.45, 7) is 0. The fraction of sp³-hybridized carbons (Fsp3) is 0. The molecular formula is C14H10N2O2. The zero-order valence-corrected chi connectivity index (χ0v) is 9.45. The summed E-state index contributed by atoms with van der Waals surface area (Å²) in [5.74, 6) is -0.536. The minimum absolute atomic E-state index is 0.320. The molecule has 2 aromatic rings. The monoisotopic (exact) mass is 238 g/mol. The molecule has 0 aromatic heterocycles. The lowest BCUT2D eigenvalue weighted by Gasteiger charge is -2.14. The first-order chi connectivity index (χ1) is 8.72. The molecule has 4 nitrogen and oxygen atoms in total. The van der Waals surface area contributed by atoms with Gasteiger partial charge in [-0.15, -0.1) is 0 Å². The largest absolute Gasteiger partial charge is 0.281 e. The third-order valence-electron chi connectivity index (χ3n) is 2.45. The fourth-order valence-electron chi connectivity index (χ4n) is 1.50. The average Bonchev–Trinajstić information content (AvgIpc) is 2.47. The van der Waals surface area contributed by atoms with E-state index in [-0.39, 0.29) is 0 Å². The molecule has 0 saturated heterocycles. The molecule has 0 aliphatic carbocycles. The van der Waals surface area contributed by atoms with Crippen LogP contribution in [-0.4, -0.2) is 11.1 Å². The number of carbonyl (C=O) groups is 1. The zero-order chi connectivity index (χ0) is 13.0. The van der Waals surface area contributed by atoms with E-state index in [1.165, 1.54) is 24.3 Å². The van der Waals surface area contributed by atoms with Crippen molar-refractivity contribution in [2.45, 2.75) is 0 Å². The van der Waals surface area contributed by atoms with Gasteiger partial charge in [-0.25, -0.2) is 0 Å². The molecule has 0 aliphatic rings. The van der Waals surface area contributed by atoms with Crippen LogP contribution in [0.2, 0.25) is 0 Å². The molecule has 0 radical (unpaired) electrons. The number of nitriles is 1. The molecule has 0 bridgehead atoms. The minimum Gasteiger partial charge on any atom is -0.281 e. The average molecular weight is 238 g/mol. The molecule has 1 N–H and O–H groups in total. The van der Waals surface area contributed by atoms with E-state index < -0.39 is 5.91 Å². The van der Waals surface area contributed by atoms with Gasteiger partial charge in [-0.3, -0.25) is 10.0 Å². The second kappa shape index (κ2) is 5.13. The Balaban J connectivity index is 2.23. The van der Waals surface area contributed by atoms with E-state index in [2.05, 4.69) is 0 Å². The first-order valence-corrected chi connectivity index (χ1v) is 5.31. The molecule has 0 heterocycles. The molecule has 0 saturated carbocycles. The van der Waals surface area contributed by atoms with Gasteiger partial charge in [0.05, 0.1) is 17.3 Å². The normalized spacial score (nSPS) is 9.56. The van der Waals surface area contributed by atoms with Gasteiger partial charge < -0.3 is 0 Å². The number of nitrogens with zero attached hydrogens (tertiary/aromatic N) is 2. The zero-order valence-electron chi connectivity index (χ0n) is 9.45. The fourth-order valence-corrected chi connectivity index (χ4v) is 1.50. The highest BCUT2D eigenvalue weighted by Gasteiger charge is 2.14. The van der Waals surface area contributed by atoms with Gasteiger partial charge in [0, 0.05) is 5.56 Å². The molecule has 18 heavy (non-hydrogen) atoms. The number of hydrogen-bond acceptors (Lipinski definition) is 3. The van der Waals surface area contributed by atoms with Crippen LogP contribution in [0.1, 0.15) is 15.9 Å². The predicted octanol–water partition coefficient (Wildman–Crippen LogP) is 2.59. The lowest BCUT2D eigenvalue weighted by molar-refractivity contribution is 0.0855. The van der Waals surface area contributed by atoms with Crippen LogP contribution >= 0.6 is 0 Å². The van der Waals surface area contributed by atoms with Crippen LogP contribution in [-0.2, 0) is 0 Å². The molecule has 2 aromatic carbocycles. The maximum absolute atomic E-state index is 11.9. The molecular weight excluding hydrogens is 228 g/mol. The SMILES string of the molecule is N#Cc1ccc(C(=O)N(O)c2ccccc2)cc1. The van der Waals surface area contributed by atoms with Gasteiger partial charge in [-0.2, -0.15) is 10.3 Å². The Morgan fingerprint density at radius 3 is 2.22 bits per heavy atom. The molecule has 0 fully saturated rings. The second-order valence-electron chi connectivity index (χ2n) is 3.64. The first-order valence-electron chi connectivity index (χ1n) is 5.31. The summed E-state index contributed by atoms with van der Waals surface area (Å²) in [7, 11) is 0. The number of carbonyl (C=O) groups excluding carboxylic acids is 1. The Morgan fingerprint density at radius 2 is 1.67 bits per heavy atom. The van der Waals surface area contributed by atoms with E-state index in [0.29, 0.717) is 21.9 Å². The summed E-state index contributed by atoms with van der Waals surface area (Å²) in [6, 6.07) is 16.6. The summed E-state index contributed by atoms with van der Waals surface area (Å²) in [4.78, 5) is 11.9. The van der Waals surface area contributed by atoms with Crippen molar-refractivity contribution >= 4 is 11.6 Å². The number of para-hydroxylation sites is 1. The molecule has 0 aliphatic heterocycles. The molecule has 1 amide bonds. The number of anilines is 1. The van der Waals surface area contributed by atoms with E-state index in [1.807, 2.05) is 6.07 Å². The van der Waals surface area contributed by atoms with Crippen molar-refractivity contribution in [2.75, 3.05) is 5.06 Å². The van der Waals surface area contributed by atoms with Crippen LogP contribution in [0.15, 0.2) is 54.6 Å². The van der Waals surface area contributed by atoms with E-state index >= 15 is 0 Å². The van der Waals surface area contributed by atoms with Crippen molar-refractivity contribution in [2.24, 2.45) is 0 Å². The number of amides is 1. The van der Waals surface area contributed by atoms with Crippen molar-refractivity contribution < 1.29 is 10.0 Å². The maximum Gasteiger partial charge on any atom is 0.281 e. The van der Waals surface area contributed by atoms with Crippen LogP contribution < -0.4 is 5.06 Å². The Labute approximate surface area is 104 Å². The van der Waals surface area contributed by atoms with Gasteiger partial charge in [0.2, 0.25) is 0 Å². The van der Waals surface area contributed by atoms with Crippen molar-refractivity contribution in [1.82, 2.24) is 0 Å². The molecule has 4 heteroatoms. The van der Waals surface area contributed by atoms with Crippen molar-refractivity contribution in [3.05, 3.63) is 65.7 Å². The van der Waals surface area contributed by atoms with E-state index in [0.717, 1.165) is 0 Å². The second-order valence-corrected chi connectivity index (χ2v) is 3.64. The van der Waals surface area contributed by atoms with E-state index in [4.69, 9.17) is 5.26 Å². The maximum atomic E-state index is 11.9. The molecule has 88 valence electrons. The summed E-state index contributed by atoms with van der Waals surface area (Å²) in [6.07, 6.45) is 0. The topological polar surface area (TPSA) is 64.3 Å². The Hall–Kier alpha value is -2.64. The number of rotatable bonds is 2. The van der Waals surface area contributed by atoms with E-state index in [1.54, 1.807) is 30.3 Å². The molecule has 0 spiro atoms. The highest BCUT2D eigenvalue weighted by Crippen LogP contribution is 2.14. The third kappa shape index (κ3) is 2.37. The van der Waals surface area contributed by atoms with Crippen molar-refractivity contribution in [1.29, 1.82) is 5.26 Å². The van der Waals surface area contributed by atoms with Crippen molar-refractivity contribution in [3.63, 3.8) is 0 Å². The molecule has 0 unspecified atom stereocenters. The van der Waals surface area contributed by atoms with Gasteiger partial charge in [-0.1, -0.05) is 18.2 Å². The number of hydroxylamine groups is 1. The number of benzene rings is 2. The number of hydrogen-bond donors (Lipinski definition) is 1. The molecule has 2 rings (SSSR count). The van der Waals surface area contributed by atoms with Gasteiger partial charge in [0.15, 0.2) is 0 Å².